The van der Waals surface area contributed by atoms with E-state index in [1.807, 2.05) is 24.0 Å². The number of rotatable bonds is 11. The molecule has 1 spiro atoms. The van der Waals surface area contributed by atoms with Crippen LogP contribution in [0.3, 0.4) is 0 Å². The number of amides is 1. The van der Waals surface area contributed by atoms with E-state index in [-0.39, 0.29) is 29.0 Å². The van der Waals surface area contributed by atoms with Crippen molar-refractivity contribution in [2.45, 2.75) is 50.7 Å². The number of hydrogen-bond acceptors (Lipinski definition) is 9. The number of likely N-dealkylation sites (N-methyl/N-ethyl adjacent to an activating group) is 1. The first-order chi connectivity index (χ1) is 25.0. The van der Waals surface area contributed by atoms with E-state index in [0.717, 1.165) is 59.8 Å². The minimum absolute atomic E-state index is 0.0450. The standard InChI is InChI=1S/C38H45F3N8O3/c1-5-30(50)49-20-37(21-49)10-12-47(13-11-37)35-27-16-26(24-7-8-24)32(31-23(2)6-9-29-28(31)17-42-45-29)34(52-22-38(39,40)41)33(27)43-36(44-35)48-18-25(19-48)46(3)14-15-51-4/h5-6,9,16-17,24-25H,1,7-8,10-15,18-22H2,2-4H3,(H,42,45). The van der Waals surface area contributed by atoms with Crippen LogP contribution in [0.4, 0.5) is 24.9 Å². The number of nitrogens with one attached hydrogen (secondary N) is 1. The van der Waals surface area contributed by atoms with Gasteiger partial charge in [-0.3, -0.25) is 14.8 Å². The molecule has 0 unspecified atom stereocenters. The summed E-state index contributed by atoms with van der Waals surface area (Å²) in [4.78, 5) is 31.0. The Bertz CT molecular complexity index is 2010. The van der Waals surface area contributed by atoms with Crippen LogP contribution in [0.1, 0.15) is 42.7 Å². The normalized spacial score (nSPS) is 19.1. The molecule has 1 aliphatic carbocycles. The van der Waals surface area contributed by atoms with Gasteiger partial charge in [0, 0.05) is 80.7 Å². The zero-order chi connectivity index (χ0) is 36.4. The average molecular weight is 719 g/mol. The molecule has 1 N–H and O–H groups in total. The van der Waals surface area contributed by atoms with Crippen LogP contribution in [0.15, 0.2) is 37.1 Å². The minimum Gasteiger partial charge on any atom is -0.481 e. The minimum atomic E-state index is -4.56. The molecule has 2 aromatic heterocycles. The Kier molecular flexibility index (Phi) is 8.80. The molecular formula is C38H45F3N8O3. The topological polar surface area (TPSA) is 103 Å². The summed E-state index contributed by atoms with van der Waals surface area (Å²) in [5.74, 6) is 1.46. The Balaban J connectivity index is 1.27. The van der Waals surface area contributed by atoms with E-state index in [2.05, 4.69) is 44.6 Å². The monoisotopic (exact) mass is 718 g/mol. The number of nitrogens with zero attached hydrogens (tertiary/aromatic N) is 7. The molecule has 276 valence electrons. The predicted molar refractivity (Wildman–Crippen MR) is 194 cm³/mol. The van der Waals surface area contributed by atoms with Gasteiger partial charge in [0.15, 0.2) is 12.4 Å². The van der Waals surface area contributed by atoms with Crippen molar-refractivity contribution in [2.75, 3.05) is 83.0 Å². The molecule has 4 aliphatic rings. The van der Waals surface area contributed by atoms with Gasteiger partial charge in [0.05, 0.1) is 18.3 Å². The van der Waals surface area contributed by atoms with Gasteiger partial charge >= 0.3 is 6.18 Å². The number of hydrogen-bond donors (Lipinski definition) is 1. The second-order valence-corrected chi connectivity index (χ2v) is 15.1. The van der Waals surface area contributed by atoms with Gasteiger partial charge in [-0.05, 0) is 80.5 Å². The first-order valence-corrected chi connectivity index (χ1v) is 18.1. The fraction of sp³-hybridized carbons (Fsp3) is 0.526. The highest BCUT2D eigenvalue weighted by Gasteiger charge is 2.47. The summed E-state index contributed by atoms with van der Waals surface area (Å²) in [6, 6.07) is 6.29. The first kappa shape index (κ1) is 34.6. The lowest BCUT2D eigenvalue weighted by atomic mass is 9.72. The van der Waals surface area contributed by atoms with Gasteiger partial charge in [-0.1, -0.05) is 12.6 Å². The molecule has 0 radical (unpaired) electrons. The number of ether oxygens (including phenoxy) is 2. The molecule has 8 rings (SSSR count). The third kappa shape index (κ3) is 6.33. The SMILES string of the molecule is C=CC(=O)N1CC2(CCN(c3nc(N4CC(N(C)CCOC)C4)nc4c(OCC(F)(F)F)c(-c5c(C)ccc6[nH]ncc56)c(C5CC5)cc34)CC2)C1. The number of aryl methyl sites for hydroxylation is 1. The molecule has 2 aromatic carbocycles. The summed E-state index contributed by atoms with van der Waals surface area (Å²) in [6.45, 7) is 9.75. The zero-order valence-electron chi connectivity index (χ0n) is 29.9. The average Bonchev–Trinajstić information content (AvgIpc) is 3.83. The molecule has 1 saturated carbocycles. The summed E-state index contributed by atoms with van der Waals surface area (Å²) >= 11 is 0. The van der Waals surface area contributed by atoms with Crippen molar-refractivity contribution in [2.24, 2.45) is 5.41 Å². The van der Waals surface area contributed by atoms with Gasteiger partial charge in [-0.15, -0.1) is 0 Å². The Hall–Kier alpha value is -4.43. The van der Waals surface area contributed by atoms with Gasteiger partial charge in [-0.25, -0.2) is 4.98 Å². The van der Waals surface area contributed by atoms with E-state index in [4.69, 9.17) is 19.4 Å². The molecular weight excluding hydrogens is 673 g/mol. The van der Waals surface area contributed by atoms with Crippen LogP contribution >= 0.6 is 0 Å². The number of methoxy groups -OCH3 is 1. The van der Waals surface area contributed by atoms with Crippen molar-refractivity contribution in [3.05, 3.63) is 48.2 Å². The van der Waals surface area contributed by atoms with Crippen LogP contribution in [-0.2, 0) is 9.53 Å². The molecule has 14 heteroatoms. The van der Waals surface area contributed by atoms with Crippen LogP contribution in [0.2, 0.25) is 0 Å². The van der Waals surface area contributed by atoms with E-state index >= 15 is 0 Å². The number of aromatic nitrogens is 4. The lowest BCUT2D eigenvalue weighted by molar-refractivity contribution is -0.153. The molecule has 4 aromatic rings. The highest BCUT2D eigenvalue weighted by molar-refractivity contribution is 6.06. The Morgan fingerprint density at radius 1 is 1.12 bits per heavy atom. The van der Waals surface area contributed by atoms with E-state index in [1.54, 1.807) is 13.3 Å². The molecule has 4 fully saturated rings. The lowest BCUT2D eigenvalue weighted by Crippen LogP contribution is -2.61. The number of piperidine rings is 1. The Labute approximate surface area is 300 Å². The maximum absolute atomic E-state index is 14.1. The van der Waals surface area contributed by atoms with Gasteiger partial charge in [-0.2, -0.15) is 23.3 Å². The summed E-state index contributed by atoms with van der Waals surface area (Å²) in [7, 11) is 3.75. The summed E-state index contributed by atoms with van der Waals surface area (Å²) < 4.78 is 53.4. The maximum atomic E-state index is 14.1. The number of carbonyl (C=O) groups excluding carboxylic acids is 1. The molecule has 11 nitrogen and oxygen atoms in total. The number of benzene rings is 2. The number of H-pyrrole nitrogens is 1. The zero-order valence-corrected chi connectivity index (χ0v) is 29.9. The summed E-state index contributed by atoms with van der Waals surface area (Å²) in [6.07, 6.45) is 2.15. The van der Waals surface area contributed by atoms with Gasteiger partial charge in [0.2, 0.25) is 11.9 Å². The molecule has 3 aliphatic heterocycles. The van der Waals surface area contributed by atoms with Crippen LogP contribution in [-0.4, -0.2) is 121 Å². The summed E-state index contributed by atoms with van der Waals surface area (Å²) in [5, 5.41) is 8.84. The fourth-order valence-electron chi connectivity index (χ4n) is 8.21. The van der Waals surface area contributed by atoms with E-state index in [9.17, 15) is 18.0 Å². The van der Waals surface area contributed by atoms with Crippen LogP contribution in [0.25, 0.3) is 32.9 Å². The number of anilines is 2. The third-order valence-corrected chi connectivity index (χ3v) is 11.5. The van der Waals surface area contributed by atoms with E-state index < -0.39 is 12.8 Å². The fourth-order valence-corrected chi connectivity index (χ4v) is 8.21. The van der Waals surface area contributed by atoms with E-state index in [1.165, 1.54) is 6.08 Å². The molecule has 3 saturated heterocycles. The van der Waals surface area contributed by atoms with Crippen molar-refractivity contribution in [3.63, 3.8) is 0 Å². The van der Waals surface area contributed by atoms with Crippen molar-refractivity contribution in [3.8, 4) is 16.9 Å². The second-order valence-electron chi connectivity index (χ2n) is 15.1. The highest BCUT2D eigenvalue weighted by atomic mass is 19.4. The molecule has 1 amide bonds. The third-order valence-electron chi connectivity index (χ3n) is 11.5. The quantitative estimate of drug-likeness (QED) is 0.196. The van der Waals surface area contributed by atoms with Crippen LogP contribution in [0, 0.1) is 12.3 Å². The Morgan fingerprint density at radius 2 is 1.87 bits per heavy atom. The lowest BCUT2D eigenvalue weighted by Gasteiger charge is -2.54. The molecule has 52 heavy (non-hydrogen) atoms. The van der Waals surface area contributed by atoms with Gasteiger partial charge in [0.1, 0.15) is 11.3 Å². The maximum Gasteiger partial charge on any atom is 0.422 e. The highest BCUT2D eigenvalue weighted by Crippen LogP contribution is 2.53. The van der Waals surface area contributed by atoms with Crippen molar-refractivity contribution < 1.29 is 27.4 Å². The first-order valence-electron chi connectivity index (χ1n) is 18.1. The number of halogens is 3. The van der Waals surface area contributed by atoms with Gasteiger partial charge in [0.25, 0.3) is 0 Å². The summed E-state index contributed by atoms with van der Waals surface area (Å²) in [5.41, 5.74) is 4.55. The van der Waals surface area contributed by atoms with Crippen molar-refractivity contribution in [1.29, 1.82) is 0 Å². The Morgan fingerprint density at radius 3 is 2.54 bits per heavy atom. The van der Waals surface area contributed by atoms with Crippen LogP contribution < -0.4 is 14.5 Å². The number of aromatic amines is 1. The second kappa shape index (κ2) is 13.2. The van der Waals surface area contributed by atoms with Crippen molar-refractivity contribution >= 4 is 39.5 Å². The predicted octanol–water partition coefficient (Wildman–Crippen LogP) is 5.68. The number of alkyl halides is 3. The van der Waals surface area contributed by atoms with Gasteiger partial charge < -0.3 is 24.2 Å². The number of likely N-dealkylation sites (tertiary alicyclic amines) is 1. The number of fused-ring (bicyclic) bond motifs is 2. The number of carbonyl (C=O) groups is 1. The smallest absolute Gasteiger partial charge is 0.422 e. The molecule has 0 bridgehead atoms. The largest absolute Gasteiger partial charge is 0.481 e. The molecule has 5 heterocycles. The van der Waals surface area contributed by atoms with E-state index in [0.29, 0.717) is 74.1 Å². The van der Waals surface area contributed by atoms with Crippen molar-refractivity contribution in [1.82, 2.24) is 30.0 Å². The molecule has 0 atom stereocenters. The van der Waals surface area contributed by atoms with Crippen LogP contribution in [0.5, 0.6) is 5.75 Å².